The molecule has 14 heavy (non-hydrogen) atoms. The van der Waals surface area contributed by atoms with Crippen LogP contribution in [0.15, 0.2) is 18.2 Å². The Balaban J connectivity index is 2.01. The molecule has 0 atom stereocenters. The smallest absolute Gasteiger partial charge is 0.128 e. The fraction of sp³-hybridized carbons (Fsp3) is 0.500. The SMILES string of the molecule is Cc1cc(C)cc(NCC2(F)CC2)c1. The van der Waals surface area contributed by atoms with E-state index in [0.29, 0.717) is 19.4 Å². The molecule has 1 aromatic rings. The van der Waals surface area contributed by atoms with Crippen LogP contribution in [-0.2, 0) is 0 Å². The maximum atomic E-state index is 13.3. The molecular formula is C12H16FN. The van der Waals surface area contributed by atoms with Crippen molar-refractivity contribution in [3.05, 3.63) is 29.3 Å². The van der Waals surface area contributed by atoms with E-state index in [0.717, 1.165) is 5.69 Å². The van der Waals surface area contributed by atoms with Gasteiger partial charge in [0.05, 0.1) is 0 Å². The van der Waals surface area contributed by atoms with Crippen LogP contribution in [0.5, 0.6) is 0 Å². The Morgan fingerprint density at radius 3 is 2.29 bits per heavy atom. The van der Waals surface area contributed by atoms with Crippen LogP contribution in [0, 0.1) is 13.8 Å². The van der Waals surface area contributed by atoms with Gasteiger partial charge in [0.2, 0.25) is 0 Å². The Hall–Kier alpha value is -1.05. The third-order valence-corrected chi connectivity index (χ3v) is 2.62. The molecule has 0 radical (unpaired) electrons. The lowest BCUT2D eigenvalue weighted by Crippen LogP contribution is -2.15. The van der Waals surface area contributed by atoms with Crippen LogP contribution in [0.25, 0.3) is 0 Å². The Bertz CT molecular complexity index is 322. The van der Waals surface area contributed by atoms with Gasteiger partial charge >= 0.3 is 0 Å². The minimum atomic E-state index is -0.919. The van der Waals surface area contributed by atoms with E-state index in [2.05, 4.69) is 37.4 Å². The van der Waals surface area contributed by atoms with Crippen LogP contribution in [0.3, 0.4) is 0 Å². The maximum Gasteiger partial charge on any atom is 0.128 e. The van der Waals surface area contributed by atoms with Crippen LogP contribution in [0.1, 0.15) is 24.0 Å². The second-order valence-corrected chi connectivity index (χ2v) is 4.38. The van der Waals surface area contributed by atoms with E-state index < -0.39 is 5.67 Å². The summed E-state index contributed by atoms with van der Waals surface area (Å²) in [6.45, 7) is 4.57. The lowest BCUT2D eigenvalue weighted by molar-refractivity contribution is 0.326. The van der Waals surface area contributed by atoms with Crippen molar-refractivity contribution in [2.24, 2.45) is 0 Å². The highest BCUT2D eigenvalue weighted by Gasteiger charge is 2.42. The van der Waals surface area contributed by atoms with Gasteiger partial charge in [-0.2, -0.15) is 0 Å². The highest BCUT2D eigenvalue weighted by atomic mass is 19.1. The zero-order valence-electron chi connectivity index (χ0n) is 8.73. The molecular weight excluding hydrogens is 177 g/mol. The zero-order chi connectivity index (χ0) is 10.2. The van der Waals surface area contributed by atoms with Crippen molar-refractivity contribution in [2.75, 3.05) is 11.9 Å². The molecule has 0 aliphatic heterocycles. The Labute approximate surface area is 84.3 Å². The molecule has 1 fully saturated rings. The number of rotatable bonds is 3. The van der Waals surface area contributed by atoms with Crippen molar-refractivity contribution < 1.29 is 4.39 Å². The first kappa shape index (κ1) is 9.50. The zero-order valence-corrected chi connectivity index (χ0v) is 8.73. The van der Waals surface area contributed by atoms with Crippen LogP contribution < -0.4 is 5.32 Å². The van der Waals surface area contributed by atoms with E-state index in [-0.39, 0.29) is 0 Å². The van der Waals surface area contributed by atoms with Crippen LogP contribution >= 0.6 is 0 Å². The maximum absolute atomic E-state index is 13.3. The second-order valence-electron chi connectivity index (χ2n) is 4.38. The number of benzene rings is 1. The van der Waals surface area contributed by atoms with Gasteiger partial charge in [-0.1, -0.05) is 6.07 Å². The van der Waals surface area contributed by atoms with Gasteiger partial charge in [0.1, 0.15) is 5.67 Å². The van der Waals surface area contributed by atoms with E-state index >= 15 is 0 Å². The fourth-order valence-electron chi connectivity index (χ4n) is 1.65. The molecule has 1 aromatic carbocycles. The van der Waals surface area contributed by atoms with Crippen molar-refractivity contribution in [2.45, 2.75) is 32.4 Å². The van der Waals surface area contributed by atoms with E-state index in [9.17, 15) is 4.39 Å². The first-order valence-corrected chi connectivity index (χ1v) is 5.09. The van der Waals surface area contributed by atoms with Gasteiger partial charge in [0.15, 0.2) is 0 Å². The third kappa shape index (κ3) is 2.25. The number of anilines is 1. The van der Waals surface area contributed by atoms with Gasteiger partial charge in [0, 0.05) is 12.2 Å². The standard InChI is InChI=1S/C12H16FN/c1-9-5-10(2)7-11(6-9)14-8-12(13)3-4-12/h5-7,14H,3-4,8H2,1-2H3. The summed E-state index contributed by atoms with van der Waals surface area (Å²) in [6.07, 6.45) is 1.43. The Kier molecular flexibility index (Phi) is 2.22. The summed E-state index contributed by atoms with van der Waals surface area (Å²) in [5.74, 6) is 0. The molecule has 1 aliphatic carbocycles. The lowest BCUT2D eigenvalue weighted by atomic mass is 10.1. The average Bonchev–Trinajstić information content (AvgIpc) is 2.80. The molecule has 2 rings (SSSR count). The van der Waals surface area contributed by atoms with Crippen LogP contribution in [0.2, 0.25) is 0 Å². The predicted molar refractivity (Wildman–Crippen MR) is 57.5 cm³/mol. The second kappa shape index (κ2) is 3.26. The van der Waals surface area contributed by atoms with Crippen molar-refractivity contribution in [3.63, 3.8) is 0 Å². The largest absolute Gasteiger partial charge is 0.382 e. The molecule has 0 amide bonds. The van der Waals surface area contributed by atoms with Gasteiger partial charge in [-0.3, -0.25) is 0 Å². The minimum Gasteiger partial charge on any atom is -0.382 e. The highest BCUT2D eigenvalue weighted by Crippen LogP contribution is 2.39. The molecule has 0 heterocycles. The van der Waals surface area contributed by atoms with Gasteiger partial charge < -0.3 is 5.32 Å². The Morgan fingerprint density at radius 1 is 1.21 bits per heavy atom. The number of alkyl halides is 1. The first-order chi connectivity index (χ1) is 6.57. The highest BCUT2D eigenvalue weighted by molar-refractivity contribution is 5.48. The van der Waals surface area contributed by atoms with E-state index in [1.807, 2.05) is 0 Å². The number of hydrogen-bond donors (Lipinski definition) is 1. The molecule has 1 saturated carbocycles. The average molecular weight is 193 g/mol. The normalized spacial score (nSPS) is 17.9. The monoisotopic (exact) mass is 193 g/mol. The molecule has 0 spiro atoms. The molecule has 0 aromatic heterocycles. The molecule has 1 aliphatic rings. The number of nitrogens with one attached hydrogen (secondary N) is 1. The van der Waals surface area contributed by atoms with Gasteiger partial charge in [-0.15, -0.1) is 0 Å². The number of halogens is 1. The molecule has 0 bridgehead atoms. The van der Waals surface area contributed by atoms with Crippen LogP contribution in [-0.4, -0.2) is 12.2 Å². The third-order valence-electron chi connectivity index (χ3n) is 2.62. The summed E-state index contributed by atoms with van der Waals surface area (Å²) in [7, 11) is 0. The quantitative estimate of drug-likeness (QED) is 0.777. The van der Waals surface area contributed by atoms with Crippen LogP contribution in [0.4, 0.5) is 10.1 Å². The van der Waals surface area contributed by atoms with Gasteiger partial charge in [-0.05, 0) is 49.9 Å². The summed E-state index contributed by atoms with van der Waals surface area (Å²) in [5.41, 5.74) is 2.55. The van der Waals surface area contributed by atoms with Gasteiger partial charge in [-0.25, -0.2) is 4.39 Å². The molecule has 0 unspecified atom stereocenters. The summed E-state index contributed by atoms with van der Waals surface area (Å²) in [5, 5.41) is 3.15. The van der Waals surface area contributed by atoms with E-state index in [1.54, 1.807) is 0 Å². The predicted octanol–water partition coefficient (Wildman–Crippen LogP) is 3.22. The molecule has 0 saturated heterocycles. The summed E-state index contributed by atoms with van der Waals surface area (Å²) in [6, 6.07) is 6.23. The summed E-state index contributed by atoms with van der Waals surface area (Å²) >= 11 is 0. The van der Waals surface area contributed by atoms with E-state index in [1.165, 1.54) is 11.1 Å². The summed E-state index contributed by atoms with van der Waals surface area (Å²) in [4.78, 5) is 0. The van der Waals surface area contributed by atoms with Gasteiger partial charge in [0.25, 0.3) is 0 Å². The van der Waals surface area contributed by atoms with Crippen molar-refractivity contribution >= 4 is 5.69 Å². The van der Waals surface area contributed by atoms with Crippen molar-refractivity contribution in [1.82, 2.24) is 0 Å². The molecule has 2 heteroatoms. The summed E-state index contributed by atoms with van der Waals surface area (Å²) < 4.78 is 13.3. The Morgan fingerprint density at radius 2 is 1.79 bits per heavy atom. The number of aryl methyl sites for hydroxylation is 2. The minimum absolute atomic E-state index is 0.454. The lowest BCUT2D eigenvalue weighted by Gasteiger charge is -2.10. The van der Waals surface area contributed by atoms with E-state index in [4.69, 9.17) is 0 Å². The van der Waals surface area contributed by atoms with Crippen molar-refractivity contribution in [3.8, 4) is 0 Å². The molecule has 1 nitrogen and oxygen atoms in total. The topological polar surface area (TPSA) is 12.0 Å². The fourth-order valence-corrected chi connectivity index (χ4v) is 1.65. The van der Waals surface area contributed by atoms with Crippen molar-refractivity contribution in [1.29, 1.82) is 0 Å². The molecule has 76 valence electrons. The molecule has 1 N–H and O–H groups in total. The first-order valence-electron chi connectivity index (χ1n) is 5.09. The number of hydrogen-bond acceptors (Lipinski definition) is 1.